The zero-order valence-electron chi connectivity index (χ0n) is 22.0. The summed E-state index contributed by atoms with van der Waals surface area (Å²) in [6.45, 7) is 6.69. The third-order valence-corrected chi connectivity index (χ3v) is 9.36. The molecule has 37 heavy (non-hydrogen) atoms. The number of halogens is 1. The smallest absolute Gasteiger partial charge is 0.245 e. The first-order chi connectivity index (χ1) is 17.8. The number of carbonyl (C=O) groups is 3. The topological polar surface area (TPSA) is 108 Å². The lowest BCUT2D eigenvalue weighted by Crippen LogP contribution is -2.59. The van der Waals surface area contributed by atoms with Gasteiger partial charge in [-0.05, 0) is 24.3 Å². The van der Waals surface area contributed by atoms with Gasteiger partial charge in [-0.2, -0.15) is 0 Å². The Kier molecular flexibility index (Phi) is 8.96. The number of nitrogens with one attached hydrogen (secondary N) is 2. The number of nitrogens with zero attached hydrogens (tertiary/aromatic N) is 1. The van der Waals surface area contributed by atoms with Gasteiger partial charge in [0.05, 0.1) is 30.6 Å². The van der Waals surface area contributed by atoms with E-state index >= 15 is 0 Å². The van der Waals surface area contributed by atoms with E-state index in [0.29, 0.717) is 19.5 Å². The molecule has 0 aromatic heterocycles. The van der Waals surface area contributed by atoms with Crippen LogP contribution in [0.3, 0.4) is 0 Å². The number of carbonyl (C=O) groups excluding carboxylic acids is 3. The van der Waals surface area contributed by atoms with E-state index < -0.39 is 35.6 Å². The molecular formula is C28H40BrN3O5. The quantitative estimate of drug-likeness (QED) is 0.261. The molecule has 3 unspecified atom stereocenters. The highest BCUT2D eigenvalue weighted by Gasteiger charge is 2.77. The van der Waals surface area contributed by atoms with Crippen molar-refractivity contribution in [3.8, 4) is 0 Å². The van der Waals surface area contributed by atoms with Crippen LogP contribution in [0.1, 0.15) is 58.4 Å². The lowest BCUT2D eigenvalue weighted by Gasteiger charge is -2.38. The minimum Gasteiger partial charge on any atom is -0.394 e. The number of unbranched alkanes of at least 4 members (excludes halogenated alkanes) is 2. The first kappa shape index (κ1) is 28.0. The summed E-state index contributed by atoms with van der Waals surface area (Å²) in [5.41, 5.74) is -0.147. The van der Waals surface area contributed by atoms with E-state index in [4.69, 9.17) is 4.74 Å². The van der Waals surface area contributed by atoms with Gasteiger partial charge >= 0.3 is 0 Å². The molecule has 3 heterocycles. The molecule has 2 bridgehead atoms. The van der Waals surface area contributed by atoms with Gasteiger partial charge in [-0.1, -0.05) is 86.3 Å². The van der Waals surface area contributed by atoms with Crippen molar-refractivity contribution in [1.29, 1.82) is 0 Å². The van der Waals surface area contributed by atoms with E-state index in [-0.39, 0.29) is 35.1 Å². The number of ether oxygens (including phenoxy) is 1. The molecule has 3 aliphatic heterocycles. The van der Waals surface area contributed by atoms with Crippen LogP contribution in [0.25, 0.3) is 0 Å². The minimum absolute atomic E-state index is 0.0260. The number of hydrogen-bond acceptors (Lipinski definition) is 5. The van der Waals surface area contributed by atoms with Crippen LogP contribution >= 0.6 is 15.9 Å². The second-order valence-electron chi connectivity index (χ2n) is 10.7. The summed E-state index contributed by atoms with van der Waals surface area (Å²) in [5, 5.41) is 16.4. The summed E-state index contributed by atoms with van der Waals surface area (Å²) >= 11 is 3.70. The Morgan fingerprint density at radius 1 is 1.19 bits per heavy atom. The van der Waals surface area contributed by atoms with Gasteiger partial charge in [-0.15, -0.1) is 0 Å². The van der Waals surface area contributed by atoms with Gasteiger partial charge in [0, 0.05) is 17.9 Å². The Labute approximate surface area is 228 Å². The molecule has 8 nitrogen and oxygen atoms in total. The highest BCUT2D eigenvalue weighted by Crippen LogP contribution is 2.60. The van der Waals surface area contributed by atoms with Crippen LogP contribution in [0.5, 0.6) is 0 Å². The van der Waals surface area contributed by atoms with Gasteiger partial charge in [-0.3, -0.25) is 14.4 Å². The molecule has 1 spiro atoms. The molecule has 3 N–H and O–H groups in total. The Hall–Kier alpha value is -1.97. The van der Waals surface area contributed by atoms with E-state index in [1.54, 1.807) is 4.90 Å². The van der Waals surface area contributed by atoms with Crippen molar-refractivity contribution in [2.24, 2.45) is 17.8 Å². The number of benzene rings is 1. The van der Waals surface area contributed by atoms with E-state index in [1.165, 1.54) is 0 Å². The fourth-order valence-corrected chi connectivity index (χ4v) is 7.37. The Morgan fingerprint density at radius 3 is 2.57 bits per heavy atom. The van der Waals surface area contributed by atoms with Crippen LogP contribution in [0.2, 0.25) is 0 Å². The summed E-state index contributed by atoms with van der Waals surface area (Å²) in [7, 11) is 0. The summed E-state index contributed by atoms with van der Waals surface area (Å²) < 4.78 is 6.54. The average molecular weight is 579 g/mol. The highest BCUT2D eigenvalue weighted by molar-refractivity contribution is 9.09. The number of aliphatic hydroxyl groups excluding tert-OH is 1. The highest BCUT2D eigenvalue weighted by atomic mass is 79.9. The van der Waals surface area contributed by atoms with E-state index in [9.17, 15) is 19.5 Å². The van der Waals surface area contributed by atoms with Gasteiger partial charge in [-0.25, -0.2) is 0 Å². The Balaban J connectivity index is 1.65. The van der Waals surface area contributed by atoms with Gasteiger partial charge < -0.3 is 25.4 Å². The average Bonchev–Trinajstić information content (AvgIpc) is 3.49. The fraction of sp³-hybridized carbons (Fsp3) is 0.679. The maximum Gasteiger partial charge on any atom is 0.245 e. The molecule has 1 aromatic rings. The lowest BCUT2D eigenvalue weighted by atomic mass is 9.70. The molecule has 0 saturated carbocycles. The second-order valence-corrected chi connectivity index (χ2v) is 11.9. The van der Waals surface area contributed by atoms with Crippen LogP contribution in [0.15, 0.2) is 30.3 Å². The maximum atomic E-state index is 14.1. The molecule has 1 aromatic carbocycles. The summed E-state index contributed by atoms with van der Waals surface area (Å²) in [6, 6.07) is 8.19. The van der Waals surface area contributed by atoms with Gasteiger partial charge in [0.1, 0.15) is 11.6 Å². The Morgan fingerprint density at radius 2 is 1.92 bits per heavy atom. The van der Waals surface area contributed by atoms with Crippen molar-refractivity contribution in [2.75, 3.05) is 13.2 Å². The largest absolute Gasteiger partial charge is 0.394 e. The van der Waals surface area contributed by atoms with Gasteiger partial charge in [0.2, 0.25) is 17.7 Å². The third kappa shape index (κ3) is 5.06. The number of rotatable bonds is 12. The number of likely N-dealkylation sites (tertiary alicyclic amines) is 1. The van der Waals surface area contributed by atoms with Crippen LogP contribution in [-0.2, 0) is 25.7 Å². The zero-order valence-corrected chi connectivity index (χ0v) is 23.6. The standard InChI is InChI=1S/C28H40BrN3O5/c1-4-6-10-13-30-26(35)24-28-14-19(29)23(37-28)21(25(34)31-15-18-11-8-7-9-12-18)22(28)27(36)32(24)20(16-33)17(3)5-2/h7-9,11-12,17,19-24,33H,4-6,10,13-16H2,1-3H3,(H,30,35)(H,31,34)/t17-,19?,20-,21-,22-,23-,24?,28?/m0/s1. The summed E-state index contributed by atoms with van der Waals surface area (Å²) in [6.07, 6.45) is 3.58. The molecule has 0 radical (unpaired) electrons. The lowest BCUT2D eigenvalue weighted by molar-refractivity contribution is -0.147. The van der Waals surface area contributed by atoms with Crippen LogP contribution < -0.4 is 10.6 Å². The second kappa shape index (κ2) is 11.8. The normalized spacial score (nSPS) is 31.8. The van der Waals surface area contributed by atoms with Crippen LogP contribution in [0.4, 0.5) is 0 Å². The molecule has 3 fully saturated rings. The molecule has 3 aliphatic rings. The molecule has 9 heteroatoms. The number of hydrogen-bond donors (Lipinski definition) is 3. The Bertz CT molecular complexity index is 978. The fourth-order valence-electron chi connectivity index (χ4n) is 6.42. The molecule has 204 valence electrons. The van der Waals surface area contributed by atoms with Crippen molar-refractivity contribution in [3.05, 3.63) is 35.9 Å². The first-order valence-corrected chi connectivity index (χ1v) is 14.6. The van der Waals surface area contributed by atoms with E-state index in [0.717, 1.165) is 31.2 Å². The molecule has 3 amide bonds. The minimum atomic E-state index is -1.11. The third-order valence-electron chi connectivity index (χ3n) is 8.51. The van der Waals surface area contributed by atoms with Crippen molar-refractivity contribution >= 4 is 33.7 Å². The van der Waals surface area contributed by atoms with Crippen molar-refractivity contribution in [3.63, 3.8) is 0 Å². The monoisotopic (exact) mass is 577 g/mol. The van der Waals surface area contributed by atoms with Crippen molar-refractivity contribution in [2.45, 2.75) is 88.0 Å². The predicted octanol–water partition coefficient (Wildman–Crippen LogP) is 2.76. The van der Waals surface area contributed by atoms with Gasteiger partial charge in [0.15, 0.2) is 0 Å². The summed E-state index contributed by atoms with van der Waals surface area (Å²) in [5.74, 6) is -2.29. The van der Waals surface area contributed by atoms with E-state index in [2.05, 4.69) is 33.5 Å². The molecule has 8 atom stereocenters. The number of fused-ring (bicyclic) bond motifs is 1. The SMILES string of the molecule is CCCCCNC(=O)C1N([C@@H](CO)[C@@H](C)CC)C(=O)[C@@H]2[C@H](C(=O)NCc3ccccc3)[C@H]3OC12CC3Br. The van der Waals surface area contributed by atoms with Gasteiger partial charge in [0.25, 0.3) is 0 Å². The van der Waals surface area contributed by atoms with Crippen LogP contribution in [0, 0.1) is 17.8 Å². The molecule has 0 aliphatic carbocycles. The van der Waals surface area contributed by atoms with Crippen molar-refractivity contribution < 1.29 is 24.2 Å². The maximum absolute atomic E-state index is 14.1. The predicted molar refractivity (Wildman–Crippen MR) is 144 cm³/mol. The number of amides is 3. The first-order valence-electron chi connectivity index (χ1n) is 13.6. The van der Waals surface area contributed by atoms with Crippen LogP contribution in [-0.4, -0.2) is 69.5 Å². The molecule has 4 rings (SSSR count). The zero-order chi connectivity index (χ0) is 26.7. The van der Waals surface area contributed by atoms with Crippen molar-refractivity contribution in [1.82, 2.24) is 15.5 Å². The molecule has 3 saturated heterocycles. The summed E-state index contributed by atoms with van der Waals surface area (Å²) in [4.78, 5) is 42.8. The number of aliphatic hydroxyl groups is 1. The molecular weight excluding hydrogens is 538 g/mol. The van der Waals surface area contributed by atoms with E-state index in [1.807, 2.05) is 44.2 Å². The number of alkyl halides is 1.